The van der Waals surface area contributed by atoms with Crippen LogP contribution < -0.4 is 32.9 Å². The van der Waals surface area contributed by atoms with Crippen LogP contribution in [0.2, 0.25) is 0 Å². The van der Waals surface area contributed by atoms with Crippen LogP contribution in [0.1, 0.15) is 25.7 Å². The molecular formula is C65H122N8O29. The van der Waals surface area contributed by atoms with E-state index in [0.29, 0.717) is 323 Å². The first-order chi connectivity index (χ1) is 50.3. The molecule has 7 N–H and O–H groups in total. The zero-order chi connectivity index (χ0) is 73.2. The van der Waals surface area contributed by atoms with Crippen molar-refractivity contribution in [3.63, 3.8) is 0 Å². The number of nitrogens with two attached hydrogens (primary N) is 1. The van der Waals surface area contributed by atoms with Crippen molar-refractivity contribution < 1.29 is 128 Å². The van der Waals surface area contributed by atoms with Crippen LogP contribution in [0.25, 0.3) is 11.0 Å². The minimum Gasteiger partial charge on any atom is -0.480 e. The first-order valence-corrected chi connectivity index (χ1v) is 35.3. The number of amides is 1. The highest BCUT2D eigenvalue weighted by molar-refractivity contribution is 5.85. The lowest BCUT2D eigenvalue weighted by atomic mass is 10.1. The summed E-state index contributed by atoms with van der Waals surface area (Å²) in [6, 6.07) is -0.903. The number of carbonyl (C=O) groups excluding carboxylic acids is 1. The summed E-state index contributed by atoms with van der Waals surface area (Å²) in [4.78, 5) is 59.6. The van der Waals surface area contributed by atoms with Crippen molar-refractivity contribution in [2.24, 2.45) is 0 Å². The molecule has 1 amide bonds. The van der Waals surface area contributed by atoms with Crippen LogP contribution in [-0.2, 0) is 130 Å². The van der Waals surface area contributed by atoms with Gasteiger partial charge in [-0.3, -0.25) is 23.9 Å². The molecule has 0 bridgehead atoms. The first-order valence-electron chi connectivity index (χ1n) is 35.3. The number of aromatic nitrogens is 4. The third kappa shape index (κ3) is 58.8. The van der Waals surface area contributed by atoms with Gasteiger partial charge < -0.3 is 140 Å². The van der Waals surface area contributed by atoms with E-state index in [1.807, 2.05) is 0 Å². The maximum Gasteiger partial charge on any atom is 0.351 e. The highest BCUT2D eigenvalue weighted by atomic mass is 16.6. The Labute approximate surface area is 599 Å². The van der Waals surface area contributed by atoms with Crippen LogP contribution in [0.4, 0.5) is 11.8 Å². The molecule has 0 unspecified atom stereocenters. The second kappa shape index (κ2) is 73.5. The lowest BCUT2D eigenvalue weighted by Gasteiger charge is -2.16. The molecule has 596 valence electrons. The molecule has 1 atom stereocenters. The summed E-state index contributed by atoms with van der Waals surface area (Å²) in [5.41, 5.74) is 4.55. The molecule has 0 spiro atoms. The number of hydrogen-bond donors (Lipinski definition) is 6. The summed E-state index contributed by atoms with van der Waals surface area (Å²) >= 11 is 0. The Morgan fingerprint density at radius 1 is 0.412 bits per heavy atom. The Kier molecular flexibility index (Phi) is 67.4. The number of aromatic amines is 1. The lowest BCUT2D eigenvalue weighted by Crippen LogP contribution is -2.40. The van der Waals surface area contributed by atoms with Gasteiger partial charge in [0.1, 0.15) is 17.2 Å². The van der Waals surface area contributed by atoms with E-state index in [0.717, 1.165) is 4.57 Å². The topological polar surface area (TPSA) is 419 Å². The predicted molar refractivity (Wildman–Crippen MR) is 370 cm³/mol. The van der Waals surface area contributed by atoms with Crippen molar-refractivity contribution in [2.75, 3.05) is 349 Å². The zero-order valence-electron chi connectivity index (χ0n) is 60.6. The number of nitrogen functional groups attached to an aromatic ring is 1. The number of ether oxygens (including phenoxy) is 24. The number of nitrogens with zero attached hydrogens (tertiary/aromatic N) is 3. The number of unbranched alkanes of at least 4 members (excludes halogenated alkanes) is 1. The largest absolute Gasteiger partial charge is 0.480 e. The van der Waals surface area contributed by atoms with Gasteiger partial charge in [-0.15, -0.1) is 0 Å². The van der Waals surface area contributed by atoms with Gasteiger partial charge in [-0.25, -0.2) is 4.79 Å². The first kappa shape index (κ1) is 93.6. The molecule has 0 aromatic carbocycles. The molecule has 102 heavy (non-hydrogen) atoms. The third-order valence-electron chi connectivity index (χ3n) is 13.5. The summed E-state index contributed by atoms with van der Waals surface area (Å²) in [5.74, 6) is -1.36. The Morgan fingerprint density at radius 2 is 0.686 bits per heavy atom. The number of carboxylic acid groups (broad SMARTS) is 1. The van der Waals surface area contributed by atoms with E-state index < -0.39 is 23.3 Å². The van der Waals surface area contributed by atoms with Gasteiger partial charge in [0.25, 0.3) is 5.56 Å². The minimum absolute atomic E-state index is 0.00603. The number of nitrogens with one attached hydrogen (secondary N) is 4. The molecule has 0 aliphatic carbocycles. The summed E-state index contributed by atoms with van der Waals surface area (Å²) in [5, 5.41) is 18.1. The Bertz CT molecular complexity index is 2310. The van der Waals surface area contributed by atoms with Crippen LogP contribution >= 0.6 is 0 Å². The van der Waals surface area contributed by atoms with Crippen molar-refractivity contribution in [3.05, 3.63) is 20.8 Å². The Balaban J connectivity index is 1.15. The lowest BCUT2D eigenvalue weighted by molar-refractivity contribution is -0.139. The normalized spacial score (nSPS) is 12.0. The molecule has 0 fully saturated rings. The van der Waals surface area contributed by atoms with E-state index in [-0.39, 0.29) is 61.2 Å². The van der Waals surface area contributed by atoms with Gasteiger partial charge in [0.05, 0.1) is 311 Å². The minimum atomic E-state index is -1.06. The van der Waals surface area contributed by atoms with Gasteiger partial charge in [-0.2, -0.15) is 9.97 Å². The van der Waals surface area contributed by atoms with Gasteiger partial charge in [0, 0.05) is 40.2 Å². The molecule has 2 rings (SSSR count). The summed E-state index contributed by atoms with van der Waals surface area (Å²) in [6.07, 6.45) is 1.54. The molecular weight excluding hydrogens is 1360 g/mol. The molecule has 0 saturated heterocycles. The molecule has 2 aromatic heterocycles. The van der Waals surface area contributed by atoms with E-state index in [4.69, 9.17) is 119 Å². The highest BCUT2D eigenvalue weighted by Gasteiger charge is 2.19. The molecule has 0 saturated carbocycles. The van der Waals surface area contributed by atoms with Crippen LogP contribution in [0, 0.1) is 0 Å². The molecule has 2 aromatic rings. The SMILES string of the molecule is CNc1nc2c(c(N)nc(=O)n2CCN[C@@H](CCCCNC(=O)CCOCCOCCOCCOCCOCCOCCOCCOCCOCCOCCOCCOCCOCCOCCOCCOCCOCCOCCOCCOCCOCCOCCOCCOC)C(=O)O)c(=O)[nH]1. The van der Waals surface area contributed by atoms with Gasteiger partial charge in [-0.05, 0) is 19.3 Å². The molecule has 2 heterocycles. The maximum absolute atomic E-state index is 12.6. The number of fused-ring (bicyclic) bond motifs is 1. The van der Waals surface area contributed by atoms with Crippen molar-refractivity contribution in [1.29, 1.82) is 0 Å². The number of H-pyrrole nitrogens is 1. The molecule has 0 aliphatic rings. The van der Waals surface area contributed by atoms with Gasteiger partial charge in [0.2, 0.25) is 11.9 Å². The fourth-order valence-corrected chi connectivity index (χ4v) is 8.22. The summed E-state index contributed by atoms with van der Waals surface area (Å²) in [7, 11) is 3.19. The number of aliphatic carboxylic acids is 1. The number of carboxylic acids is 1. The van der Waals surface area contributed by atoms with Gasteiger partial charge in [-0.1, -0.05) is 0 Å². The third-order valence-corrected chi connectivity index (χ3v) is 13.5. The van der Waals surface area contributed by atoms with E-state index in [2.05, 4.69) is 30.9 Å². The van der Waals surface area contributed by atoms with Crippen LogP contribution in [0.5, 0.6) is 0 Å². The van der Waals surface area contributed by atoms with Crippen LogP contribution in [0.3, 0.4) is 0 Å². The summed E-state index contributed by atoms with van der Waals surface area (Å²) < 4.78 is 133. The Hall–Kier alpha value is -4.44. The fraction of sp³-hybridized carbons (Fsp3) is 0.877. The fourth-order valence-electron chi connectivity index (χ4n) is 8.22. The highest BCUT2D eigenvalue weighted by Crippen LogP contribution is 2.12. The molecule has 37 nitrogen and oxygen atoms in total. The van der Waals surface area contributed by atoms with E-state index in [9.17, 15) is 24.3 Å². The number of methoxy groups -OCH3 is 1. The smallest absolute Gasteiger partial charge is 0.351 e. The average molecular weight is 1480 g/mol. The molecule has 0 radical (unpaired) electrons. The second-order valence-electron chi connectivity index (χ2n) is 21.3. The quantitative estimate of drug-likeness (QED) is 0.0426. The van der Waals surface area contributed by atoms with E-state index in [1.165, 1.54) is 0 Å². The van der Waals surface area contributed by atoms with E-state index >= 15 is 0 Å². The van der Waals surface area contributed by atoms with Crippen LogP contribution in [-0.4, -0.2) is 380 Å². The van der Waals surface area contributed by atoms with Crippen molar-refractivity contribution in [3.8, 4) is 0 Å². The average Bonchev–Trinajstić information content (AvgIpc) is 0.775. The van der Waals surface area contributed by atoms with Gasteiger partial charge >= 0.3 is 11.7 Å². The maximum atomic E-state index is 12.6. The monoisotopic (exact) mass is 1480 g/mol. The number of rotatable bonds is 83. The summed E-state index contributed by atoms with van der Waals surface area (Å²) in [6.45, 7) is 22.3. The standard InChI is InChI=1S/C65H122N8O29/c1-67-64-71-61-59(62(75)72-64)60(66)70-65(78)73(61)9-8-68-57(63(76)77)5-3-4-7-69-58(74)6-10-80-13-14-82-17-18-84-21-22-86-25-26-88-29-30-90-33-34-92-37-38-94-41-42-96-45-46-98-49-50-100-53-54-102-56-55-101-52-51-99-48-47-97-44-43-95-40-39-93-36-35-91-32-31-89-28-27-87-24-23-85-20-19-83-16-15-81-12-11-79-2/h57,68H,3-56H2,1-2H3,(H,69,74)(H,76,77)(H2,66,70,78)(H2,67,71,72,75)/t57-/m0/s1. The van der Waals surface area contributed by atoms with E-state index in [1.54, 1.807) is 14.2 Å². The molecule has 37 heteroatoms. The molecule has 0 aliphatic heterocycles. The van der Waals surface area contributed by atoms with Gasteiger partial charge in [0.15, 0.2) is 5.65 Å². The van der Waals surface area contributed by atoms with Crippen molar-refractivity contribution in [2.45, 2.75) is 38.3 Å². The van der Waals surface area contributed by atoms with Crippen molar-refractivity contribution in [1.82, 2.24) is 30.2 Å². The van der Waals surface area contributed by atoms with Crippen molar-refractivity contribution >= 4 is 34.7 Å². The van der Waals surface area contributed by atoms with Crippen LogP contribution in [0.15, 0.2) is 9.59 Å². The zero-order valence-corrected chi connectivity index (χ0v) is 60.6. The number of carbonyl (C=O) groups is 2. The Morgan fingerprint density at radius 3 is 0.951 bits per heavy atom. The number of hydrogen-bond acceptors (Lipinski definition) is 33. The predicted octanol–water partition coefficient (Wildman–Crippen LogP) is -1.15. The second-order valence-corrected chi connectivity index (χ2v) is 21.3. The number of anilines is 2.